The molecule has 2 heterocycles. The van der Waals surface area contributed by atoms with Gasteiger partial charge in [0.25, 0.3) is 0 Å². The fourth-order valence-electron chi connectivity index (χ4n) is 3.66. The van der Waals surface area contributed by atoms with Gasteiger partial charge in [0, 0.05) is 55.7 Å². The van der Waals surface area contributed by atoms with Crippen molar-refractivity contribution in [3.8, 4) is 22.8 Å². The quantitative estimate of drug-likeness (QED) is 0.524. The molecule has 4 rings (SSSR count). The highest BCUT2D eigenvalue weighted by molar-refractivity contribution is 7.10. The van der Waals surface area contributed by atoms with Crippen molar-refractivity contribution in [1.82, 2.24) is 14.8 Å². The molecule has 1 fully saturated rings. The van der Waals surface area contributed by atoms with Crippen molar-refractivity contribution in [2.75, 3.05) is 53.5 Å². The third-order valence-electron chi connectivity index (χ3n) is 5.56. The van der Waals surface area contributed by atoms with Crippen LogP contribution in [0.25, 0.3) is 11.3 Å². The Morgan fingerprint density at radius 2 is 1.84 bits per heavy atom. The molecule has 1 aliphatic rings. The summed E-state index contributed by atoms with van der Waals surface area (Å²) in [6, 6.07) is 12.6. The van der Waals surface area contributed by atoms with Crippen LogP contribution in [0.3, 0.4) is 0 Å². The molecule has 0 atom stereocenters. The van der Waals surface area contributed by atoms with E-state index in [4.69, 9.17) is 14.5 Å². The molecular formula is C24H28FN3O2S. The first kappa shape index (κ1) is 21.7. The number of likely N-dealkylation sites (N-methyl/N-ethyl adjacent to an activating group) is 1. The molecule has 1 aliphatic heterocycles. The van der Waals surface area contributed by atoms with Gasteiger partial charge in [0.15, 0.2) is 0 Å². The van der Waals surface area contributed by atoms with Crippen LogP contribution in [0.2, 0.25) is 0 Å². The molecule has 5 nitrogen and oxygen atoms in total. The highest BCUT2D eigenvalue weighted by Gasteiger charge is 2.13. The Kier molecular flexibility index (Phi) is 7.17. The van der Waals surface area contributed by atoms with Gasteiger partial charge in [0.1, 0.15) is 23.9 Å². The molecule has 0 radical (unpaired) electrons. The average Bonchev–Trinajstić information content (AvgIpc) is 3.24. The lowest BCUT2D eigenvalue weighted by atomic mass is 10.1. The number of halogens is 1. The Morgan fingerprint density at radius 1 is 1.06 bits per heavy atom. The fourth-order valence-corrected chi connectivity index (χ4v) is 4.49. The Balaban J connectivity index is 1.32. The molecule has 0 saturated carbocycles. The van der Waals surface area contributed by atoms with Crippen molar-refractivity contribution >= 4 is 11.3 Å². The first-order valence-electron chi connectivity index (χ1n) is 10.5. The number of ether oxygens (including phenoxy) is 2. The summed E-state index contributed by atoms with van der Waals surface area (Å²) in [7, 11) is 3.76. The number of nitrogens with zero attached hydrogens (tertiary/aromatic N) is 3. The highest BCUT2D eigenvalue weighted by Crippen LogP contribution is 2.28. The van der Waals surface area contributed by atoms with Crippen molar-refractivity contribution < 1.29 is 13.9 Å². The molecule has 31 heavy (non-hydrogen) atoms. The Morgan fingerprint density at radius 3 is 2.58 bits per heavy atom. The standard InChI is InChI=1S/C24H28FN3O2S/c1-27-9-11-28(12-10-27)13-14-30-21-6-3-18(4-7-21)22-17-31-24(26-22)16-19-15-20(25)5-8-23(19)29-2/h3-8,15,17H,9-14,16H2,1-2H3. The third kappa shape index (κ3) is 5.81. The molecule has 3 aromatic rings. The minimum atomic E-state index is -0.268. The van der Waals surface area contributed by atoms with Gasteiger partial charge in [-0.05, 0) is 49.5 Å². The zero-order chi connectivity index (χ0) is 21.6. The molecule has 0 spiro atoms. The SMILES string of the molecule is COc1ccc(F)cc1Cc1nc(-c2ccc(OCCN3CCN(C)CC3)cc2)cs1. The van der Waals surface area contributed by atoms with E-state index in [-0.39, 0.29) is 5.82 Å². The number of methoxy groups -OCH3 is 1. The number of hydrogen-bond acceptors (Lipinski definition) is 6. The molecular weight excluding hydrogens is 413 g/mol. The molecule has 0 amide bonds. The van der Waals surface area contributed by atoms with E-state index in [2.05, 4.69) is 16.8 Å². The minimum Gasteiger partial charge on any atom is -0.496 e. The van der Waals surface area contributed by atoms with Gasteiger partial charge in [0.05, 0.1) is 17.8 Å². The lowest BCUT2D eigenvalue weighted by Gasteiger charge is -2.32. The molecule has 0 N–H and O–H groups in total. The number of thiazole rings is 1. The van der Waals surface area contributed by atoms with E-state index in [1.807, 2.05) is 29.6 Å². The second-order valence-corrected chi connectivity index (χ2v) is 8.72. The van der Waals surface area contributed by atoms with E-state index in [9.17, 15) is 4.39 Å². The van der Waals surface area contributed by atoms with Gasteiger partial charge in [-0.15, -0.1) is 11.3 Å². The van der Waals surface area contributed by atoms with Crippen LogP contribution in [-0.2, 0) is 6.42 Å². The molecule has 164 valence electrons. The van der Waals surface area contributed by atoms with Crippen LogP contribution in [0.15, 0.2) is 47.8 Å². The van der Waals surface area contributed by atoms with Crippen molar-refractivity contribution in [2.24, 2.45) is 0 Å². The maximum absolute atomic E-state index is 13.6. The monoisotopic (exact) mass is 441 g/mol. The Labute approximate surface area is 187 Å². The summed E-state index contributed by atoms with van der Waals surface area (Å²) in [6.07, 6.45) is 0.541. The summed E-state index contributed by atoms with van der Waals surface area (Å²) >= 11 is 1.57. The number of piperazine rings is 1. The first-order chi connectivity index (χ1) is 15.1. The van der Waals surface area contributed by atoms with Crippen molar-refractivity contribution in [3.63, 3.8) is 0 Å². The lowest BCUT2D eigenvalue weighted by molar-refractivity contribution is 0.134. The fraction of sp³-hybridized carbons (Fsp3) is 0.375. The van der Waals surface area contributed by atoms with Gasteiger partial charge in [-0.2, -0.15) is 0 Å². The first-order valence-corrected chi connectivity index (χ1v) is 11.4. The van der Waals surface area contributed by atoms with Crippen LogP contribution >= 0.6 is 11.3 Å². The van der Waals surface area contributed by atoms with Crippen LogP contribution in [0.1, 0.15) is 10.6 Å². The molecule has 2 aromatic carbocycles. The van der Waals surface area contributed by atoms with Gasteiger partial charge in [-0.25, -0.2) is 9.37 Å². The number of aromatic nitrogens is 1. The normalized spacial score (nSPS) is 15.2. The molecule has 1 saturated heterocycles. The zero-order valence-electron chi connectivity index (χ0n) is 18.0. The predicted octanol–water partition coefficient (Wildman–Crippen LogP) is 4.17. The van der Waals surface area contributed by atoms with Crippen LogP contribution in [-0.4, -0.2) is 68.3 Å². The topological polar surface area (TPSA) is 37.8 Å². The molecule has 0 unspecified atom stereocenters. The van der Waals surface area contributed by atoms with E-state index in [1.54, 1.807) is 24.5 Å². The minimum absolute atomic E-state index is 0.268. The molecule has 1 aromatic heterocycles. The number of rotatable bonds is 8. The molecule has 7 heteroatoms. The van der Waals surface area contributed by atoms with E-state index < -0.39 is 0 Å². The summed E-state index contributed by atoms with van der Waals surface area (Å²) < 4.78 is 24.9. The van der Waals surface area contributed by atoms with Crippen molar-refractivity contribution in [3.05, 3.63) is 64.2 Å². The Hall–Kier alpha value is -2.48. The van der Waals surface area contributed by atoms with Crippen molar-refractivity contribution in [1.29, 1.82) is 0 Å². The lowest BCUT2D eigenvalue weighted by Crippen LogP contribution is -2.45. The maximum Gasteiger partial charge on any atom is 0.123 e. The second kappa shape index (κ2) is 10.2. The zero-order valence-corrected chi connectivity index (χ0v) is 18.8. The molecule has 0 aliphatic carbocycles. The average molecular weight is 442 g/mol. The summed E-state index contributed by atoms with van der Waals surface area (Å²) in [5, 5.41) is 2.95. The van der Waals surface area contributed by atoms with Crippen LogP contribution in [0.5, 0.6) is 11.5 Å². The summed E-state index contributed by atoms with van der Waals surface area (Å²) in [4.78, 5) is 9.53. The van der Waals surface area contributed by atoms with E-state index in [1.165, 1.54) is 12.1 Å². The van der Waals surface area contributed by atoms with Gasteiger partial charge >= 0.3 is 0 Å². The largest absolute Gasteiger partial charge is 0.496 e. The Bertz CT molecular complexity index is 985. The van der Waals surface area contributed by atoms with Crippen molar-refractivity contribution in [2.45, 2.75) is 6.42 Å². The molecule has 0 bridgehead atoms. The van der Waals surface area contributed by atoms with Crippen LogP contribution in [0.4, 0.5) is 4.39 Å². The predicted molar refractivity (Wildman–Crippen MR) is 123 cm³/mol. The summed E-state index contributed by atoms with van der Waals surface area (Å²) in [5.74, 6) is 1.28. The van der Waals surface area contributed by atoms with Gasteiger partial charge in [0.2, 0.25) is 0 Å². The highest BCUT2D eigenvalue weighted by atomic mass is 32.1. The van der Waals surface area contributed by atoms with Gasteiger partial charge in [-0.1, -0.05) is 0 Å². The van der Waals surface area contributed by atoms with E-state index in [0.717, 1.165) is 60.3 Å². The number of hydrogen-bond donors (Lipinski definition) is 0. The van der Waals surface area contributed by atoms with E-state index in [0.29, 0.717) is 18.8 Å². The van der Waals surface area contributed by atoms with E-state index >= 15 is 0 Å². The third-order valence-corrected chi connectivity index (χ3v) is 6.41. The maximum atomic E-state index is 13.6. The smallest absolute Gasteiger partial charge is 0.123 e. The van der Waals surface area contributed by atoms with Gasteiger partial charge < -0.3 is 14.4 Å². The van der Waals surface area contributed by atoms with Crippen LogP contribution in [0, 0.1) is 5.82 Å². The van der Waals surface area contributed by atoms with Crippen LogP contribution < -0.4 is 9.47 Å². The van der Waals surface area contributed by atoms with Gasteiger partial charge in [-0.3, -0.25) is 4.90 Å². The summed E-state index contributed by atoms with van der Waals surface area (Å²) in [5.41, 5.74) is 2.76. The number of benzene rings is 2. The second-order valence-electron chi connectivity index (χ2n) is 7.78. The summed E-state index contributed by atoms with van der Waals surface area (Å²) in [6.45, 7) is 6.10.